The summed E-state index contributed by atoms with van der Waals surface area (Å²) in [4.78, 5) is 4.15. The first-order chi connectivity index (χ1) is 5.72. The first kappa shape index (κ1) is 9.32. The number of nitrogens with two attached hydrogens (primary N) is 2. The van der Waals surface area contributed by atoms with Crippen molar-refractivity contribution in [3.05, 3.63) is 0 Å². The normalized spacial score (nSPS) is 20.7. The van der Waals surface area contributed by atoms with E-state index in [1.807, 2.05) is 0 Å². The minimum absolute atomic E-state index is 0.345. The van der Waals surface area contributed by atoms with Gasteiger partial charge in [0, 0.05) is 6.54 Å². The Morgan fingerprint density at radius 1 is 1.58 bits per heavy atom. The molecule has 0 unspecified atom stereocenters. The van der Waals surface area contributed by atoms with E-state index < -0.39 is 0 Å². The molecule has 70 valence electrons. The van der Waals surface area contributed by atoms with Crippen LogP contribution in [0.3, 0.4) is 0 Å². The highest BCUT2D eigenvalue weighted by Crippen LogP contribution is 2.49. The molecule has 0 aromatic heterocycles. The average molecular weight is 170 g/mol. The van der Waals surface area contributed by atoms with Gasteiger partial charge >= 0.3 is 0 Å². The SMILES string of the molecule is CCCC1(CN=C(N)NN)CC1. The van der Waals surface area contributed by atoms with Crippen LogP contribution in [0, 0.1) is 5.41 Å². The molecule has 0 heterocycles. The first-order valence-electron chi connectivity index (χ1n) is 4.49. The van der Waals surface area contributed by atoms with E-state index in [0.717, 1.165) is 6.54 Å². The van der Waals surface area contributed by atoms with Gasteiger partial charge in [-0.1, -0.05) is 13.3 Å². The molecule has 5 N–H and O–H groups in total. The lowest BCUT2D eigenvalue weighted by Gasteiger charge is -2.10. The quantitative estimate of drug-likeness (QED) is 0.246. The number of nitrogens with one attached hydrogen (secondary N) is 1. The zero-order valence-electron chi connectivity index (χ0n) is 7.64. The Balaban J connectivity index is 2.30. The fourth-order valence-electron chi connectivity index (χ4n) is 1.49. The molecule has 1 aliphatic rings. The summed E-state index contributed by atoms with van der Waals surface area (Å²) in [5, 5.41) is 0. The van der Waals surface area contributed by atoms with Crippen LogP contribution in [-0.2, 0) is 0 Å². The molecule has 4 nitrogen and oxygen atoms in total. The molecule has 1 fully saturated rings. The van der Waals surface area contributed by atoms with E-state index in [9.17, 15) is 0 Å². The fourth-order valence-corrected chi connectivity index (χ4v) is 1.49. The minimum atomic E-state index is 0.345. The average Bonchev–Trinajstić information content (AvgIpc) is 2.82. The molecule has 0 aromatic rings. The summed E-state index contributed by atoms with van der Waals surface area (Å²) in [5.74, 6) is 5.43. The maximum atomic E-state index is 5.42. The van der Waals surface area contributed by atoms with Gasteiger partial charge in [0.05, 0.1) is 0 Å². The molecule has 0 saturated heterocycles. The summed E-state index contributed by atoms with van der Waals surface area (Å²) in [7, 11) is 0. The molecule has 0 radical (unpaired) electrons. The highest BCUT2D eigenvalue weighted by atomic mass is 15.3. The van der Waals surface area contributed by atoms with Crippen LogP contribution in [0.4, 0.5) is 0 Å². The molecular formula is C8H18N4. The van der Waals surface area contributed by atoms with Crippen molar-refractivity contribution in [3.63, 3.8) is 0 Å². The smallest absolute Gasteiger partial charge is 0.203 e. The zero-order chi connectivity index (χ0) is 9.03. The van der Waals surface area contributed by atoms with Gasteiger partial charge in [-0.25, -0.2) is 5.84 Å². The summed E-state index contributed by atoms with van der Waals surface area (Å²) in [5.41, 5.74) is 8.22. The van der Waals surface area contributed by atoms with Crippen LogP contribution in [0.5, 0.6) is 0 Å². The van der Waals surface area contributed by atoms with Crippen molar-refractivity contribution in [2.75, 3.05) is 6.54 Å². The number of guanidine groups is 1. The van der Waals surface area contributed by atoms with E-state index in [-0.39, 0.29) is 0 Å². The molecular weight excluding hydrogens is 152 g/mol. The van der Waals surface area contributed by atoms with Crippen molar-refractivity contribution in [3.8, 4) is 0 Å². The van der Waals surface area contributed by atoms with E-state index in [4.69, 9.17) is 11.6 Å². The maximum absolute atomic E-state index is 5.42. The molecule has 1 saturated carbocycles. The van der Waals surface area contributed by atoms with Gasteiger partial charge in [-0.2, -0.15) is 0 Å². The zero-order valence-corrected chi connectivity index (χ0v) is 7.64. The second kappa shape index (κ2) is 3.76. The van der Waals surface area contributed by atoms with Crippen molar-refractivity contribution < 1.29 is 0 Å². The van der Waals surface area contributed by atoms with Crippen molar-refractivity contribution >= 4 is 5.96 Å². The lowest BCUT2D eigenvalue weighted by Crippen LogP contribution is -2.37. The van der Waals surface area contributed by atoms with E-state index in [1.54, 1.807) is 0 Å². The minimum Gasteiger partial charge on any atom is -0.369 e. The third-order valence-corrected chi connectivity index (χ3v) is 2.47. The summed E-state index contributed by atoms with van der Waals surface area (Å²) >= 11 is 0. The Hall–Kier alpha value is -0.770. The van der Waals surface area contributed by atoms with Crippen LogP contribution >= 0.6 is 0 Å². The largest absolute Gasteiger partial charge is 0.369 e. The number of aliphatic imine (C=N–C) groups is 1. The van der Waals surface area contributed by atoms with E-state index in [0.29, 0.717) is 11.4 Å². The van der Waals surface area contributed by atoms with Crippen LogP contribution < -0.4 is 17.0 Å². The predicted octanol–water partition coefficient (Wildman–Crippen LogP) is 0.345. The van der Waals surface area contributed by atoms with Crippen LogP contribution in [0.15, 0.2) is 4.99 Å². The standard InChI is InChI=1S/C8H18N4/c1-2-3-8(4-5-8)6-11-7(9)12-10/h2-6,10H2,1H3,(H3,9,11,12). The van der Waals surface area contributed by atoms with Crippen molar-refractivity contribution in [2.45, 2.75) is 32.6 Å². The molecule has 0 aliphatic heterocycles. The van der Waals surface area contributed by atoms with Gasteiger partial charge in [-0.15, -0.1) is 0 Å². The van der Waals surface area contributed by atoms with Crippen molar-refractivity contribution in [1.82, 2.24) is 5.43 Å². The molecule has 0 aromatic carbocycles. The molecule has 0 atom stereocenters. The molecule has 12 heavy (non-hydrogen) atoms. The number of nitrogens with zero attached hydrogens (tertiary/aromatic N) is 1. The van der Waals surface area contributed by atoms with E-state index >= 15 is 0 Å². The second-order valence-corrected chi connectivity index (χ2v) is 3.60. The highest BCUT2D eigenvalue weighted by molar-refractivity contribution is 5.77. The molecule has 1 aliphatic carbocycles. The Kier molecular flexibility index (Phi) is 2.92. The van der Waals surface area contributed by atoms with Crippen molar-refractivity contribution in [1.29, 1.82) is 0 Å². The Morgan fingerprint density at radius 2 is 2.25 bits per heavy atom. The van der Waals surface area contributed by atoms with E-state index in [1.165, 1.54) is 25.7 Å². The molecule has 0 bridgehead atoms. The number of rotatable bonds is 4. The third kappa shape index (κ3) is 2.37. The maximum Gasteiger partial charge on any atom is 0.203 e. The first-order valence-corrected chi connectivity index (χ1v) is 4.49. The predicted molar refractivity (Wildman–Crippen MR) is 50.4 cm³/mol. The summed E-state index contributed by atoms with van der Waals surface area (Å²) < 4.78 is 0. The molecule has 4 heteroatoms. The van der Waals surface area contributed by atoms with Crippen molar-refractivity contribution in [2.24, 2.45) is 22.0 Å². The Labute approximate surface area is 73.4 Å². The molecule has 0 spiro atoms. The van der Waals surface area contributed by atoms with Crippen LogP contribution in [-0.4, -0.2) is 12.5 Å². The van der Waals surface area contributed by atoms with Gasteiger partial charge in [0.1, 0.15) is 0 Å². The number of hydrogen-bond acceptors (Lipinski definition) is 2. The fraction of sp³-hybridized carbons (Fsp3) is 0.875. The van der Waals surface area contributed by atoms with Gasteiger partial charge in [0.25, 0.3) is 0 Å². The highest BCUT2D eigenvalue weighted by Gasteiger charge is 2.41. The van der Waals surface area contributed by atoms with Crippen LogP contribution in [0.1, 0.15) is 32.6 Å². The molecule has 0 amide bonds. The number of hydrogen-bond donors (Lipinski definition) is 3. The number of hydrazine groups is 1. The lowest BCUT2D eigenvalue weighted by molar-refractivity contribution is 0.472. The Bertz CT molecular complexity index is 172. The third-order valence-electron chi connectivity index (χ3n) is 2.47. The van der Waals surface area contributed by atoms with Gasteiger partial charge in [-0.3, -0.25) is 10.4 Å². The molecule has 1 rings (SSSR count). The van der Waals surface area contributed by atoms with Crippen LogP contribution in [0.2, 0.25) is 0 Å². The summed E-state index contributed by atoms with van der Waals surface area (Å²) in [6, 6.07) is 0. The monoisotopic (exact) mass is 170 g/mol. The topological polar surface area (TPSA) is 76.4 Å². The second-order valence-electron chi connectivity index (χ2n) is 3.60. The Morgan fingerprint density at radius 3 is 2.67 bits per heavy atom. The summed E-state index contributed by atoms with van der Waals surface area (Å²) in [6.07, 6.45) is 5.07. The van der Waals surface area contributed by atoms with E-state index in [2.05, 4.69) is 17.3 Å². The lowest BCUT2D eigenvalue weighted by atomic mass is 10.0. The van der Waals surface area contributed by atoms with Gasteiger partial charge < -0.3 is 5.73 Å². The van der Waals surface area contributed by atoms with Gasteiger partial charge in [0.15, 0.2) is 0 Å². The van der Waals surface area contributed by atoms with Gasteiger partial charge in [-0.05, 0) is 24.7 Å². The van der Waals surface area contributed by atoms with Crippen LogP contribution in [0.25, 0.3) is 0 Å². The summed E-state index contributed by atoms with van der Waals surface area (Å²) in [6.45, 7) is 3.03. The van der Waals surface area contributed by atoms with Gasteiger partial charge in [0.2, 0.25) is 5.96 Å².